The van der Waals surface area contributed by atoms with Gasteiger partial charge in [0.15, 0.2) is 0 Å². The van der Waals surface area contributed by atoms with Crippen molar-refractivity contribution in [3.63, 3.8) is 0 Å². The van der Waals surface area contributed by atoms with Gasteiger partial charge in [-0.15, -0.1) is 11.3 Å². The summed E-state index contributed by atoms with van der Waals surface area (Å²) in [6.07, 6.45) is 6.30. The van der Waals surface area contributed by atoms with E-state index in [0.717, 1.165) is 62.8 Å². The van der Waals surface area contributed by atoms with Crippen LogP contribution in [0.15, 0.2) is 23.6 Å². The van der Waals surface area contributed by atoms with E-state index in [9.17, 15) is 38.6 Å². The van der Waals surface area contributed by atoms with Gasteiger partial charge in [0.2, 0.25) is 17.7 Å². The molecule has 16 heteroatoms. The molecular weight excluding hydrogens is 790 g/mol. The molecule has 1 aromatic heterocycles. The second-order valence-electron chi connectivity index (χ2n) is 17.4. The van der Waals surface area contributed by atoms with Gasteiger partial charge in [-0.2, -0.15) is 0 Å². The van der Waals surface area contributed by atoms with E-state index in [1.54, 1.807) is 6.07 Å². The summed E-state index contributed by atoms with van der Waals surface area (Å²) < 4.78 is 14.9. The molecule has 1 aliphatic heterocycles. The monoisotopic (exact) mass is 860 g/mol. The minimum Gasteiger partial charge on any atom is -0.481 e. The number of thiazole rings is 1. The molecule has 1 aliphatic rings. The summed E-state index contributed by atoms with van der Waals surface area (Å²) in [7, 11) is 1.95. The summed E-state index contributed by atoms with van der Waals surface area (Å²) in [5.74, 6) is -3.42. The van der Waals surface area contributed by atoms with E-state index >= 15 is 0 Å². The fourth-order valence-electron chi connectivity index (χ4n) is 7.71. The molecule has 0 bridgehead atoms. The number of nitrogens with two attached hydrogens (primary N) is 1. The van der Waals surface area contributed by atoms with Gasteiger partial charge >= 0.3 is 5.97 Å². The van der Waals surface area contributed by atoms with E-state index in [-0.39, 0.29) is 71.9 Å². The number of aliphatic hydroxyl groups is 1. The lowest BCUT2D eigenvalue weighted by Crippen LogP contribution is -2.58. The van der Waals surface area contributed by atoms with Crippen molar-refractivity contribution in [1.29, 1.82) is 0 Å². The van der Waals surface area contributed by atoms with Gasteiger partial charge in [-0.3, -0.25) is 28.9 Å². The van der Waals surface area contributed by atoms with E-state index in [1.165, 1.54) is 31.4 Å². The third-order valence-corrected chi connectivity index (χ3v) is 12.7. The Balaban J connectivity index is 1.85. The SMILES string of the molecule is CCCCCCN(C(=O)[C@@H](NC(=O)[C@H]1CCCCN1C)[C@@H](C)CC)[C@H](C[C@@H](O)c1nc(C(=O)N[C@@H](Cc2ccc(NC(=O)CN)c(F)c2)CC(C)(C)C(=O)O)cs1)C(C)C. The van der Waals surface area contributed by atoms with Crippen LogP contribution in [0, 0.1) is 23.1 Å². The van der Waals surface area contributed by atoms with Gasteiger partial charge in [-0.25, -0.2) is 9.37 Å². The van der Waals surface area contributed by atoms with Crippen molar-refractivity contribution in [3.05, 3.63) is 45.7 Å². The Kier molecular flexibility index (Phi) is 20.0. The highest BCUT2D eigenvalue weighted by atomic mass is 32.1. The number of likely N-dealkylation sites (N-methyl/N-ethyl adjacent to an activating group) is 1. The number of aliphatic carboxylic acids is 1. The van der Waals surface area contributed by atoms with E-state index in [4.69, 9.17) is 5.73 Å². The topological polar surface area (TPSA) is 207 Å². The van der Waals surface area contributed by atoms with Crippen LogP contribution in [0.25, 0.3) is 0 Å². The molecular formula is C44H70FN7O7S. The molecule has 0 saturated carbocycles. The first kappa shape index (κ1) is 50.4. The summed E-state index contributed by atoms with van der Waals surface area (Å²) in [5.41, 5.74) is 4.52. The van der Waals surface area contributed by atoms with Crippen molar-refractivity contribution < 1.29 is 38.6 Å². The predicted octanol–water partition coefficient (Wildman–Crippen LogP) is 5.89. The molecule has 3 rings (SSSR count). The maximum atomic E-state index is 14.9. The summed E-state index contributed by atoms with van der Waals surface area (Å²) in [6, 6.07) is 2.00. The minimum atomic E-state index is -1.25. The van der Waals surface area contributed by atoms with Gasteiger partial charge in [0.1, 0.15) is 28.7 Å². The Morgan fingerprint density at radius 3 is 2.40 bits per heavy atom. The normalized spacial score (nSPS) is 17.3. The molecule has 7 N–H and O–H groups in total. The number of benzene rings is 1. The smallest absolute Gasteiger partial charge is 0.309 e. The number of anilines is 1. The van der Waals surface area contributed by atoms with Gasteiger partial charge in [0, 0.05) is 30.4 Å². The highest BCUT2D eigenvalue weighted by Gasteiger charge is 2.38. The zero-order valence-corrected chi connectivity index (χ0v) is 37.7. The molecule has 336 valence electrons. The minimum absolute atomic E-state index is 0.00855. The average Bonchev–Trinajstić information content (AvgIpc) is 3.70. The summed E-state index contributed by atoms with van der Waals surface area (Å²) >= 11 is 1.11. The molecule has 1 saturated heterocycles. The molecule has 0 radical (unpaired) electrons. The lowest BCUT2D eigenvalue weighted by Gasteiger charge is -2.40. The molecule has 14 nitrogen and oxygen atoms in total. The molecule has 60 heavy (non-hydrogen) atoms. The second-order valence-corrected chi connectivity index (χ2v) is 18.3. The van der Waals surface area contributed by atoms with Crippen molar-refractivity contribution in [2.75, 3.05) is 32.0 Å². The third-order valence-electron chi connectivity index (χ3n) is 11.7. The van der Waals surface area contributed by atoms with Gasteiger partial charge < -0.3 is 36.8 Å². The molecule has 2 heterocycles. The summed E-state index contributed by atoms with van der Waals surface area (Å²) in [6.45, 7) is 14.2. The molecule has 0 unspecified atom stereocenters. The summed E-state index contributed by atoms with van der Waals surface area (Å²) in [4.78, 5) is 74.2. The number of amides is 4. The number of nitrogens with zero attached hydrogens (tertiary/aromatic N) is 3. The number of hydrogen-bond donors (Lipinski definition) is 6. The number of carboxylic acid groups (broad SMARTS) is 1. The van der Waals surface area contributed by atoms with Gasteiger partial charge in [0.25, 0.3) is 5.91 Å². The summed E-state index contributed by atoms with van der Waals surface area (Å²) in [5, 5.41) is 31.8. The quantitative estimate of drug-likeness (QED) is 0.0690. The molecule has 6 atom stereocenters. The number of unbranched alkanes of at least 4 members (excludes halogenated alkanes) is 3. The van der Waals surface area contributed by atoms with Crippen molar-refractivity contribution in [2.24, 2.45) is 23.0 Å². The maximum absolute atomic E-state index is 14.9. The van der Waals surface area contributed by atoms with Crippen LogP contribution in [-0.4, -0.2) is 105 Å². The van der Waals surface area contributed by atoms with Crippen molar-refractivity contribution >= 4 is 46.6 Å². The van der Waals surface area contributed by atoms with Crippen molar-refractivity contribution in [1.82, 2.24) is 25.4 Å². The lowest BCUT2D eigenvalue weighted by atomic mass is 9.84. The van der Waals surface area contributed by atoms with Crippen LogP contribution in [-0.2, 0) is 25.6 Å². The number of piperidine rings is 1. The number of rotatable bonds is 24. The van der Waals surface area contributed by atoms with Crippen LogP contribution in [0.5, 0.6) is 0 Å². The number of carbonyl (C=O) groups is 5. The first-order valence-electron chi connectivity index (χ1n) is 21.6. The van der Waals surface area contributed by atoms with Gasteiger partial charge in [-0.1, -0.05) is 72.8 Å². The number of nitrogens with one attached hydrogen (secondary N) is 3. The number of halogens is 1. The molecule has 4 amide bonds. The fourth-order valence-corrected chi connectivity index (χ4v) is 8.51. The van der Waals surface area contributed by atoms with Crippen LogP contribution in [0.3, 0.4) is 0 Å². The Labute approximate surface area is 359 Å². The van der Waals surface area contributed by atoms with Gasteiger partial charge in [-0.05, 0) is 89.1 Å². The van der Waals surface area contributed by atoms with E-state index in [2.05, 4.69) is 32.8 Å². The van der Waals surface area contributed by atoms with Crippen molar-refractivity contribution in [3.8, 4) is 0 Å². The molecule has 0 aliphatic carbocycles. The molecule has 0 spiro atoms. The molecule has 1 fully saturated rings. The van der Waals surface area contributed by atoms with Crippen LogP contribution in [0.4, 0.5) is 10.1 Å². The molecule has 1 aromatic carbocycles. The maximum Gasteiger partial charge on any atom is 0.309 e. The Morgan fingerprint density at radius 1 is 1.08 bits per heavy atom. The zero-order valence-electron chi connectivity index (χ0n) is 36.9. The Hall–Kier alpha value is -3.99. The highest BCUT2D eigenvalue weighted by Crippen LogP contribution is 2.30. The predicted molar refractivity (Wildman–Crippen MR) is 233 cm³/mol. The number of hydrogen-bond acceptors (Lipinski definition) is 10. The lowest BCUT2D eigenvalue weighted by molar-refractivity contribution is -0.147. The van der Waals surface area contributed by atoms with Crippen LogP contribution < -0.4 is 21.7 Å². The zero-order chi connectivity index (χ0) is 44.7. The van der Waals surface area contributed by atoms with Gasteiger partial charge in [0.05, 0.1) is 23.7 Å². The number of likely N-dealkylation sites (tertiary alicyclic amines) is 1. The Bertz CT molecular complexity index is 1740. The first-order valence-corrected chi connectivity index (χ1v) is 22.5. The van der Waals surface area contributed by atoms with Crippen molar-refractivity contribution in [2.45, 2.75) is 149 Å². The van der Waals surface area contributed by atoms with Crippen LogP contribution >= 0.6 is 11.3 Å². The largest absolute Gasteiger partial charge is 0.481 e. The van der Waals surface area contributed by atoms with E-state index in [0.29, 0.717) is 18.5 Å². The number of carbonyl (C=O) groups excluding carboxylic acids is 4. The first-order chi connectivity index (χ1) is 28.3. The highest BCUT2D eigenvalue weighted by molar-refractivity contribution is 7.09. The molecule has 2 aromatic rings. The number of aromatic nitrogens is 1. The Morgan fingerprint density at radius 2 is 1.80 bits per heavy atom. The third kappa shape index (κ3) is 14.6. The standard InChI is InChI=1S/C44H70FN7O7S/c1-9-11-12-14-20-52(42(57)38(28(5)10-2)50-40(56)34-16-13-15-19-51(34)8)35(27(3)4)23-36(53)41-49-33(26-60-41)39(55)47-30(24-44(6,7)43(58)59)21-29-17-18-32(31(45)22-29)48-37(54)25-46/h17-18,22,26-28,30,34-36,38,53H,9-16,19-21,23-25,46H2,1-8H3,(H,47,55)(H,48,54)(H,50,56)(H,58,59)/t28-,30-,34+,35+,36+,38-/m0/s1. The van der Waals surface area contributed by atoms with Crippen LogP contribution in [0.2, 0.25) is 0 Å². The van der Waals surface area contributed by atoms with Crippen LogP contribution in [0.1, 0.15) is 140 Å². The van der Waals surface area contributed by atoms with E-state index < -0.39 is 53.2 Å². The fraction of sp³-hybridized carbons (Fsp3) is 0.682. The number of aliphatic hydroxyl groups excluding tert-OH is 1. The van der Waals surface area contributed by atoms with E-state index in [1.807, 2.05) is 39.6 Å². The average molecular weight is 860 g/mol. The number of carboxylic acids is 1. The second kappa shape index (κ2) is 23.9.